The smallest absolute Gasteiger partial charge is 0.312 e. The van der Waals surface area contributed by atoms with Crippen LogP contribution in [0.25, 0.3) is 21.9 Å². The van der Waals surface area contributed by atoms with E-state index in [2.05, 4.69) is 25.3 Å². The number of nitrogens with zero attached hydrogens (tertiary/aromatic N) is 4. The number of aromatic nitrogens is 5. The van der Waals surface area contributed by atoms with Gasteiger partial charge >= 0.3 is 6.08 Å². The van der Waals surface area contributed by atoms with Crippen LogP contribution in [0.1, 0.15) is 43.1 Å². The molecule has 0 spiro atoms. The fraction of sp³-hybridized carbons (Fsp3) is 0.300. The highest BCUT2D eigenvalue weighted by Crippen LogP contribution is 2.37. The highest BCUT2D eigenvalue weighted by Gasteiger charge is 2.29. The van der Waals surface area contributed by atoms with Crippen molar-refractivity contribution in [2.75, 3.05) is 5.32 Å². The number of H-pyrrole nitrogens is 1. The van der Waals surface area contributed by atoms with Crippen molar-refractivity contribution in [1.29, 1.82) is 0 Å². The number of pyridine rings is 1. The van der Waals surface area contributed by atoms with Crippen molar-refractivity contribution < 1.29 is 4.39 Å². The second-order valence-corrected chi connectivity index (χ2v) is 7.32. The van der Waals surface area contributed by atoms with Gasteiger partial charge in [-0.1, -0.05) is 18.2 Å². The van der Waals surface area contributed by atoms with E-state index in [4.69, 9.17) is 0 Å². The quantitative estimate of drug-likeness (QED) is 0.530. The van der Waals surface area contributed by atoms with Crippen molar-refractivity contribution in [3.8, 4) is 0 Å². The lowest BCUT2D eigenvalue weighted by molar-refractivity contribution is 0.543. The molecule has 2 N–H and O–H groups in total. The maximum atomic E-state index is 13.8. The third-order valence-electron chi connectivity index (χ3n) is 5.29. The first-order valence-electron chi connectivity index (χ1n) is 9.31. The van der Waals surface area contributed by atoms with E-state index in [1.807, 2.05) is 42.7 Å². The predicted octanol–water partition coefficient (Wildman–Crippen LogP) is 3.62. The largest absolute Gasteiger partial charge is 0.360 e. The van der Waals surface area contributed by atoms with Gasteiger partial charge in [-0.3, -0.25) is 4.79 Å². The Hall–Kier alpha value is -3.29. The highest BCUT2D eigenvalue weighted by molar-refractivity contribution is 5.85. The van der Waals surface area contributed by atoms with Crippen LogP contribution in [-0.4, -0.2) is 24.5 Å². The van der Waals surface area contributed by atoms with Crippen LogP contribution in [-0.2, 0) is 0 Å². The molecular formula is C20H19FN6O. The number of anilines is 1. The van der Waals surface area contributed by atoms with Gasteiger partial charge in [0.25, 0.3) is 5.56 Å². The van der Waals surface area contributed by atoms with Gasteiger partial charge < -0.3 is 14.9 Å². The molecule has 28 heavy (non-hydrogen) atoms. The molecule has 0 amide bonds. The van der Waals surface area contributed by atoms with Crippen molar-refractivity contribution in [3.05, 3.63) is 58.3 Å². The van der Waals surface area contributed by atoms with Gasteiger partial charge in [0.15, 0.2) is 11.5 Å². The van der Waals surface area contributed by atoms with Gasteiger partial charge in [0.05, 0.1) is 17.8 Å². The monoisotopic (exact) mass is 378 g/mol. The molecule has 0 radical (unpaired) electrons. The Labute approximate surface area is 159 Å². The molecule has 1 unspecified atom stereocenters. The van der Waals surface area contributed by atoms with E-state index in [1.165, 1.54) is 6.33 Å². The zero-order chi connectivity index (χ0) is 19.4. The molecule has 1 aliphatic carbocycles. The number of imidazole rings is 1. The Kier molecular flexibility index (Phi) is 3.68. The van der Waals surface area contributed by atoms with E-state index < -0.39 is 6.08 Å². The lowest BCUT2D eigenvalue weighted by Crippen LogP contribution is -2.26. The number of rotatable bonds is 4. The summed E-state index contributed by atoms with van der Waals surface area (Å²) in [6, 6.07) is 7.86. The molecule has 142 valence electrons. The van der Waals surface area contributed by atoms with Crippen LogP contribution < -0.4 is 10.9 Å². The molecule has 4 aromatic rings. The molecule has 7 nitrogen and oxygen atoms in total. The van der Waals surface area contributed by atoms with Crippen molar-refractivity contribution in [3.63, 3.8) is 0 Å². The topological polar surface area (TPSA) is 88.5 Å². The van der Waals surface area contributed by atoms with E-state index in [-0.39, 0.29) is 23.3 Å². The zero-order valence-corrected chi connectivity index (χ0v) is 15.5. The first-order valence-corrected chi connectivity index (χ1v) is 9.31. The molecule has 0 aliphatic heterocycles. The molecule has 8 heteroatoms. The molecule has 1 fully saturated rings. The molecule has 3 aromatic heterocycles. The molecule has 1 saturated carbocycles. The van der Waals surface area contributed by atoms with Crippen LogP contribution in [0.15, 0.2) is 35.4 Å². The third kappa shape index (κ3) is 2.64. The van der Waals surface area contributed by atoms with E-state index in [0.29, 0.717) is 11.3 Å². The summed E-state index contributed by atoms with van der Waals surface area (Å²) >= 11 is 0. The number of nitrogens with one attached hydrogen (secondary N) is 2. The van der Waals surface area contributed by atoms with Gasteiger partial charge in [-0.2, -0.15) is 14.4 Å². The fourth-order valence-electron chi connectivity index (χ4n) is 3.80. The molecule has 3 heterocycles. The lowest BCUT2D eigenvalue weighted by Gasteiger charge is -2.21. The zero-order valence-electron chi connectivity index (χ0n) is 15.5. The number of fused-ring (bicyclic) bond motifs is 2. The SMILES string of the molecule is Cc1cccc2cc(C(C)Nc3nc(F)nc4nc[nH]c34)n(C3CC3)c(=O)c12. The Morgan fingerprint density at radius 3 is 2.93 bits per heavy atom. The lowest BCUT2D eigenvalue weighted by atomic mass is 10.0. The van der Waals surface area contributed by atoms with Gasteiger partial charge in [0.2, 0.25) is 0 Å². The average Bonchev–Trinajstić information content (AvgIpc) is 3.38. The van der Waals surface area contributed by atoms with E-state index in [0.717, 1.165) is 34.9 Å². The molecule has 0 saturated heterocycles. The third-order valence-corrected chi connectivity index (χ3v) is 5.29. The Morgan fingerprint density at radius 2 is 2.14 bits per heavy atom. The maximum Gasteiger partial charge on any atom is 0.312 e. The normalized spacial score (nSPS) is 15.2. The number of hydrogen-bond acceptors (Lipinski definition) is 5. The summed E-state index contributed by atoms with van der Waals surface area (Å²) in [5, 5.41) is 4.90. The van der Waals surface area contributed by atoms with Gasteiger partial charge in [-0.15, -0.1) is 0 Å². The van der Waals surface area contributed by atoms with Gasteiger partial charge in [0, 0.05) is 11.7 Å². The van der Waals surface area contributed by atoms with Crippen LogP contribution in [0.4, 0.5) is 10.2 Å². The van der Waals surface area contributed by atoms with Crippen molar-refractivity contribution >= 4 is 27.8 Å². The number of halogens is 1. The minimum Gasteiger partial charge on any atom is -0.360 e. The van der Waals surface area contributed by atoms with Crippen LogP contribution in [0.5, 0.6) is 0 Å². The van der Waals surface area contributed by atoms with Crippen molar-refractivity contribution in [1.82, 2.24) is 24.5 Å². The summed E-state index contributed by atoms with van der Waals surface area (Å²) in [7, 11) is 0. The Balaban J connectivity index is 1.65. The number of aryl methyl sites for hydroxylation is 1. The van der Waals surface area contributed by atoms with Gasteiger partial charge in [-0.25, -0.2) is 4.98 Å². The first kappa shape index (κ1) is 16.9. The number of benzene rings is 1. The molecular weight excluding hydrogens is 359 g/mol. The summed E-state index contributed by atoms with van der Waals surface area (Å²) in [6.07, 6.45) is 2.59. The first-order chi connectivity index (χ1) is 13.5. The van der Waals surface area contributed by atoms with Crippen molar-refractivity contribution in [2.45, 2.75) is 38.8 Å². The minimum absolute atomic E-state index is 0.0299. The predicted molar refractivity (Wildman–Crippen MR) is 105 cm³/mol. The molecule has 0 bridgehead atoms. The van der Waals surface area contributed by atoms with Gasteiger partial charge in [-0.05, 0) is 43.7 Å². The average molecular weight is 378 g/mol. The van der Waals surface area contributed by atoms with E-state index in [9.17, 15) is 9.18 Å². The summed E-state index contributed by atoms with van der Waals surface area (Å²) in [5.74, 6) is 0.326. The second kappa shape index (κ2) is 6.12. The standard InChI is InChI=1S/C20H19FN6O/c1-10-4-3-5-12-8-14(27(13-6-7-13)19(28)15(10)12)11(2)24-18-16-17(23-9-22-16)25-20(21)26-18/h3-5,8-9,11,13H,6-7H2,1-2H3,(H2,22,23,24,25,26). The summed E-state index contributed by atoms with van der Waals surface area (Å²) in [4.78, 5) is 27.8. The highest BCUT2D eigenvalue weighted by atomic mass is 19.1. The van der Waals surface area contributed by atoms with E-state index in [1.54, 1.807) is 0 Å². The van der Waals surface area contributed by atoms with Crippen LogP contribution >= 0.6 is 0 Å². The second-order valence-electron chi connectivity index (χ2n) is 7.32. The number of aromatic amines is 1. The number of hydrogen-bond donors (Lipinski definition) is 2. The van der Waals surface area contributed by atoms with Crippen molar-refractivity contribution in [2.24, 2.45) is 0 Å². The van der Waals surface area contributed by atoms with Gasteiger partial charge in [0.1, 0.15) is 5.52 Å². The fourth-order valence-corrected chi connectivity index (χ4v) is 3.80. The summed E-state index contributed by atoms with van der Waals surface area (Å²) in [5.41, 5.74) is 2.65. The molecule has 1 atom stereocenters. The Morgan fingerprint density at radius 1 is 1.32 bits per heavy atom. The molecule has 1 aliphatic rings. The molecule has 1 aromatic carbocycles. The minimum atomic E-state index is -0.844. The van der Waals surface area contributed by atoms with Crippen LogP contribution in [0.3, 0.4) is 0 Å². The van der Waals surface area contributed by atoms with Crippen LogP contribution in [0.2, 0.25) is 0 Å². The summed E-state index contributed by atoms with van der Waals surface area (Å²) in [6.45, 7) is 3.90. The Bertz CT molecular complexity index is 1270. The molecule has 5 rings (SSSR count). The summed E-state index contributed by atoms with van der Waals surface area (Å²) < 4.78 is 15.7. The van der Waals surface area contributed by atoms with Crippen LogP contribution in [0, 0.1) is 13.0 Å². The maximum absolute atomic E-state index is 13.8. The van der Waals surface area contributed by atoms with E-state index >= 15 is 0 Å².